The minimum Gasteiger partial charge on any atom is -0.340 e. The molecular weight excluding hydrogens is 219 g/mol. The number of nitrogens with zero attached hydrogens (tertiary/aromatic N) is 1. The highest BCUT2D eigenvalue weighted by Crippen LogP contribution is 2.08. The molecule has 17 heavy (non-hydrogen) atoms. The quantitative estimate of drug-likeness (QED) is 0.848. The minimum atomic E-state index is -0.274. The average molecular weight is 238 g/mol. The van der Waals surface area contributed by atoms with Crippen molar-refractivity contribution in [2.24, 2.45) is 0 Å². The van der Waals surface area contributed by atoms with Crippen LogP contribution in [0.1, 0.15) is 19.4 Å². The zero-order valence-corrected chi connectivity index (χ0v) is 10.5. The third-order valence-electron chi connectivity index (χ3n) is 2.45. The first kappa shape index (κ1) is 13.6. The number of amides is 1. The number of carbonyl (C=O) groups is 1. The van der Waals surface area contributed by atoms with Crippen LogP contribution >= 0.6 is 0 Å². The summed E-state index contributed by atoms with van der Waals surface area (Å²) in [5, 5.41) is 3.04. The van der Waals surface area contributed by atoms with E-state index >= 15 is 0 Å². The zero-order valence-electron chi connectivity index (χ0n) is 10.5. The van der Waals surface area contributed by atoms with Crippen molar-refractivity contribution in [1.82, 2.24) is 10.2 Å². The summed E-state index contributed by atoms with van der Waals surface area (Å²) in [5.74, 6) is -0.314. The maximum atomic E-state index is 13.4. The molecule has 1 aromatic rings. The van der Waals surface area contributed by atoms with E-state index in [2.05, 4.69) is 5.32 Å². The minimum absolute atomic E-state index is 0.0399. The van der Waals surface area contributed by atoms with Gasteiger partial charge in [0.2, 0.25) is 5.91 Å². The Hall–Kier alpha value is -1.42. The van der Waals surface area contributed by atoms with Crippen LogP contribution in [0.5, 0.6) is 0 Å². The van der Waals surface area contributed by atoms with Crippen LogP contribution in [0.4, 0.5) is 4.39 Å². The van der Waals surface area contributed by atoms with Gasteiger partial charge in [-0.1, -0.05) is 32.0 Å². The first-order chi connectivity index (χ1) is 8.00. The third kappa shape index (κ3) is 4.53. The first-order valence-corrected chi connectivity index (χ1v) is 5.71. The number of benzene rings is 1. The van der Waals surface area contributed by atoms with E-state index in [4.69, 9.17) is 0 Å². The Morgan fingerprint density at radius 1 is 1.41 bits per heavy atom. The van der Waals surface area contributed by atoms with Crippen LogP contribution in [-0.2, 0) is 11.3 Å². The summed E-state index contributed by atoms with van der Waals surface area (Å²) in [5.41, 5.74) is 0.535. The van der Waals surface area contributed by atoms with E-state index in [9.17, 15) is 9.18 Å². The molecule has 0 aromatic heterocycles. The number of halogens is 1. The number of hydrogen-bond acceptors (Lipinski definition) is 2. The smallest absolute Gasteiger partial charge is 0.236 e. The fourth-order valence-electron chi connectivity index (χ4n) is 1.40. The molecule has 0 bridgehead atoms. The maximum Gasteiger partial charge on any atom is 0.236 e. The van der Waals surface area contributed by atoms with E-state index in [1.165, 1.54) is 11.0 Å². The van der Waals surface area contributed by atoms with Gasteiger partial charge in [-0.2, -0.15) is 0 Å². The summed E-state index contributed by atoms with van der Waals surface area (Å²) >= 11 is 0. The van der Waals surface area contributed by atoms with Crippen molar-refractivity contribution in [1.29, 1.82) is 0 Å². The molecule has 0 heterocycles. The summed E-state index contributed by atoms with van der Waals surface area (Å²) in [6, 6.07) is 6.76. The molecule has 0 radical (unpaired) electrons. The molecule has 0 atom stereocenters. The van der Waals surface area contributed by atoms with Crippen molar-refractivity contribution in [2.75, 3.05) is 13.6 Å². The van der Waals surface area contributed by atoms with Gasteiger partial charge in [0.15, 0.2) is 0 Å². The summed E-state index contributed by atoms with van der Waals surface area (Å²) in [4.78, 5) is 13.2. The first-order valence-electron chi connectivity index (χ1n) is 5.71. The molecule has 3 nitrogen and oxygen atoms in total. The lowest BCUT2D eigenvalue weighted by molar-refractivity contribution is -0.129. The molecule has 1 N–H and O–H groups in total. The Morgan fingerprint density at radius 3 is 2.65 bits per heavy atom. The lowest BCUT2D eigenvalue weighted by atomic mass is 10.2. The molecule has 0 aliphatic heterocycles. The van der Waals surface area contributed by atoms with Gasteiger partial charge in [-0.15, -0.1) is 0 Å². The topological polar surface area (TPSA) is 32.3 Å². The van der Waals surface area contributed by atoms with Crippen molar-refractivity contribution in [3.63, 3.8) is 0 Å². The summed E-state index contributed by atoms with van der Waals surface area (Å²) in [6.07, 6.45) is 0. The molecule has 0 saturated carbocycles. The van der Waals surface area contributed by atoms with Gasteiger partial charge in [-0.3, -0.25) is 4.79 Å². The van der Waals surface area contributed by atoms with Crippen LogP contribution in [0.3, 0.4) is 0 Å². The highest BCUT2D eigenvalue weighted by atomic mass is 19.1. The van der Waals surface area contributed by atoms with Crippen molar-refractivity contribution in [2.45, 2.75) is 26.4 Å². The molecule has 4 heteroatoms. The lowest BCUT2D eigenvalue weighted by Gasteiger charge is -2.18. The Morgan fingerprint density at radius 2 is 2.06 bits per heavy atom. The van der Waals surface area contributed by atoms with E-state index in [0.29, 0.717) is 12.1 Å². The van der Waals surface area contributed by atoms with E-state index in [1.807, 2.05) is 13.8 Å². The van der Waals surface area contributed by atoms with E-state index < -0.39 is 0 Å². The standard InChI is InChI=1S/C13H19FN2O/c1-10(2)15-8-13(17)16(3)9-11-6-4-5-7-12(11)14/h4-7,10,15H,8-9H2,1-3H3. The monoisotopic (exact) mass is 238 g/mol. The molecule has 1 amide bonds. The average Bonchev–Trinajstić information content (AvgIpc) is 2.28. The number of hydrogen-bond donors (Lipinski definition) is 1. The van der Waals surface area contributed by atoms with Gasteiger partial charge < -0.3 is 10.2 Å². The van der Waals surface area contributed by atoms with Crippen molar-refractivity contribution < 1.29 is 9.18 Å². The zero-order chi connectivity index (χ0) is 12.8. The summed E-state index contributed by atoms with van der Waals surface area (Å²) in [6.45, 7) is 4.53. The molecule has 0 fully saturated rings. The van der Waals surface area contributed by atoms with E-state index in [1.54, 1.807) is 25.2 Å². The van der Waals surface area contributed by atoms with Gasteiger partial charge in [-0.25, -0.2) is 4.39 Å². The Kier molecular flexibility index (Phi) is 5.10. The summed E-state index contributed by atoms with van der Waals surface area (Å²) in [7, 11) is 1.68. The third-order valence-corrected chi connectivity index (χ3v) is 2.45. The van der Waals surface area contributed by atoms with Gasteiger partial charge in [0, 0.05) is 25.2 Å². The van der Waals surface area contributed by atoms with Crippen LogP contribution in [0.25, 0.3) is 0 Å². The maximum absolute atomic E-state index is 13.4. The highest BCUT2D eigenvalue weighted by molar-refractivity contribution is 5.78. The van der Waals surface area contributed by atoms with Gasteiger partial charge in [0.05, 0.1) is 6.54 Å². The molecule has 0 saturated heterocycles. The molecule has 94 valence electrons. The predicted molar refractivity (Wildman–Crippen MR) is 66.0 cm³/mol. The second-order valence-corrected chi connectivity index (χ2v) is 4.38. The van der Waals surface area contributed by atoms with Crippen LogP contribution < -0.4 is 5.32 Å². The number of nitrogens with one attached hydrogen (secondary N) is 1. The second-order valence-electron chi connectivity index (χ2n) is 4.38. The lowest BCUT2D eigenvalue weighted by Crippen LogP contribution is -2.37. The Bertz CT molecular complexity index is 379. The van der Waals surface area contributed by atoms with E-state index in [0.717, 1.165) is 0 Å². The highest BCUT2D eigenvalue weighted by Gasteiger charge is 2.11. The SMILES string of the molecule is CC(C)NCC(=O)N(C)Cc1ccccc1F. The van der Waals surface area contributed by atoms with Gasteiger partial charge in [-0.05, 0) is 6.07 Å². The van der Waals surface area contributed by atoms with E-state index in [-0.39, 0.29) is 24.3 Å². The fraction of sp³-hybridized carbons (Fsp3) is 0.462. The van der Waals surface area contributed by atoms with Crippen LogP contribution in [0.15, 0.2) is 24.3 Å². The number of carbonyl (C=O) groups excluding carboxylic acids is 1. The molecule has 1 rings (SSSR count). The fourth-order valence-corrected chi connectivity index (χ4v) is 1.40. The second kappa shape index (κ2) is 6.35. The van der Waals surface area contributed by atoms with Crippen molar-refractivity contribution >= 4 is 5.91 Å². The molecular formula is C13H19FN2O. The molecule has 0 spiro atoms. The summed E-state index contributed by atoms with van der Waals surface area (Å²) < 4.78 is 13.4. The molecule has 0 aliphatic rings. The molecule has 1 aromatic carbocycles. The number of rotatable bonds is 5. The Balaban J connectivity index is 2.51. The van der Waals surface area contributed by atoms with Gasteiger partial charge >= 0.3 is 0 Å². The van der Waals surface area contributed by atoms with Gasteiger partial charge in [0.25, 0.3) is 0 Å². The normalized spacial score (nSPS) is 10.6. The van der Waals surface area contributed by atoms with Crippen LogP contribution in [-0.4, -0.2) is 30.4 Å². The van der Waals surface area contributed by atoms with Crippen LogP contribution in [0, 0.1) is 5.82 Å². The van der Waals surface area contributed by atoms with Crippen molar-refractivity contribution in [3.05, 3.63) is 35.6 Å². The predicted octanol–water partition coefficient (Wildman–Crippen LogP) is 1.78. The van der Waals surface area contributed by atoms with Crippen molar-refractivity contribution in [3.8, 4) is 0 Å². The van der Waals surface area contributed by atoms with Gasteiger partial charge in [0.1, 0.15) is 5.82 Å². The largest absolute Gasteiger partial charge is 0.340 e. The number of likely N-dealkylation sites (N-methyl/N-ethyl adjacent to an activating group) is 1. The molecule has 0 aliphatic carbocycles. The molecule has 0 unspecified atom stereocenters. The Labute approximate surface area is 102 Å². The van der Waals surface area contributed by atoms with Crippen LogP contribution in [0.2, 0.25) is 0 Å².